The molecular formula is C34H33N4Na3O7. The largest absolute Gasteiger partial charge is 1.00 e. The number of hydrogen-bond donors (Lipinski definition) is 3. The third-order valence-corrected chi connectivity index (χ3v) is 9.06. The van der Waals surface area contributed by atoms with Crippen LogP contribution in [-0.4, -0.2) is 44.9 Å². The van der Waals surface area contributed by atoms with E-state index in [0.29, 0.717) is 51.0 Å². The Bertz CT molecular complexity index is 1980. The molecule has 14 heteroatoms. The van der Waals surface area contributed by atoms with Crippen LogP contribution in [0.15, 0.2) is 17.3 Å². The van der Waals surface area contributed by atoms with E-state index in [4.69, 9.17) is 4.99 Å². The molecule has 0 aliphatic carbocycles. The summed E-state index contributed by atoms with van der Waals surface area (Å²) in [6, 6.07) is 0. The number of rotatable bonds is 9. The predicted octanol–water partition coefficient (Wildman–Crippen LogP) is -9.02. The monoisotopic (exact) mass is 678 g/mol. The van der Waals surface area contributed by atoms with E-state index in [-0.39, 0.29) is 136 Å². The number of carbonyl (C=O) groups is 4. The zero-order valence-electron chi connectivity index (χ0n) is 28.5. The third kappa shape index (κ3) is 7.90. The number of aliphatic carboxylic acids is 2. The molecule has 0 aromatic carbocycles. The van der Waals surface area contributed by atoms with Gasteiger partial charge in [-0.3, -0.25) is 9.79 Å². The van der Waals surface area contributed by atoms with Crippen LogP contribution in [-0.2, 0) is 22.4 Å². The number of nitrogens with one attached hydrogen (secondary N) is 3. The number of H-pyrrole nitrogens is 3. The summed E-state index contributed by atoms with van der Waals surface area (Å²) in [5, 5.41) is 37.6. The minimum Gasteiger partial charge on any atom is -0.550 e. The van der Waals surface area contributed by atoms with E-state index in [1.165, 1.54) is 0 Å². The SMILES string of the molecule is C=Cc1c(C)c2[nH]c1=Cc1[nH]c(c(CC)c1C=O)Cc1[nH]c(c(C(=O)[O-])c1C)C(CC(=O)[O-])=C1N=C(C=2)[C@@H](C)[C@@H]1CCC(=O)[O-].[Na+].[Na+].[Na+]. The van der Waals surface area contributed by atoms with Crippen molar-refractivity contribution >= 4 is 53.7 Å². The van der Waals surface area contributed by atoms with Crippen LogP contribution in [0.1, 0.15) is 98.9 Å². The van der Waals surface area contributed by atoms with E-state index in [0.717, 1.165) is 23.0 Å². The fraction of sp³-hybridized carbons (Fsp3) is 0.324. The standard InChI is InChI=1S/C34H36N4O7.3Na/c1-6-18-15(3)23-11-24-16(4)20(8-9-29(40)41)32(37-24)21(10-30(42)43)33-31(34(44)45)17(5)25(38-33)12-27-19(7-2)22(14-39)28(36-27)13-26(18)35-23;;;/h6,11,13-14,16,20,35-36,38H,1,7-10,12H2,2-5H3,(H,40,41)(H,42,43)(H,44,45);;;/q;3*+1/p-3/t16-,20-;;;/m0.../s1. The van der Waals surface area contributed by atoms with E-state index >= 15 is 0 Å². The van der Waals surface area contributed by atoms with Crippen LogP contribution in [0.4, 0.5) is 0 Å². The molecule has 0 radical (unpaired) electrons. The van der Waals surface area contributed by atoms with Crippen molar-refractivity contribution in [3.8, 4) is 0 Å². The van der Waals surface area contributed by atoms with Crippen LogP contribution in [0.25, 0.3) is 23.8 Å². The van der Waals surface area contributed by atoms with Gasteiger partial charge in [0, 0.05) is 86.7 Å². The van der Waals surface area contributed by atoms with Gasteiger partial charge in [-0.15, -0.1) is 0 Å². The predicted molar refractivity (Wildman–Crippen MR) is 162 cm³/mol. The molecule has 234 valence electrons. The minimum absolute atomic E-state index is 0. The zero-order valence-corrected chi connectivity index (χ0v) is 34.5. The van der Waals surface area contributed by atoms with E-state index in [1.807, 2.05) is 32.9 Å². The average Bonchev–Trinajstić information content (AvgIpc) is 3.67. The molecule has 0 spiro atoms. The van der Waals surface area contributed by atoms with Gasteiger partial charge in [0.1, 0.15) is 0 Å². The number of aldehydes is 1. The van der Waals surface area contributed by atoms with Crippen molar-refractivity contribution in [1.82, 2.24) is 15.0 Å². The minimum atomic E-state index is -1.51. The fourth-order valence-corrected chi connectivity index (χ4v) is 6.71. The van der Waals surface area contributed by atoms with Gasteiger partial charge < -0.3 is 44.7 Å². The number of carbonyl (C=O) groups excluding carboxylic acids is 4. The Labute approximate surface area is 344 Å². The van der Waals surface area contributed by atoms with Crippen LogP contribution >= 0.6 is 0 Å². The molecule has 3 aromatic heterocycles. The maximum absolute atomic E-state index is 12.6. The molecular weight excluding hydrogens is 645 g/mol. The fourth-order valence-electron chi connectivity index (χ4n) is 6.71. The molecule has 8 bridgehead atoms. The number of aromatic amines is 3. The maximum atomic E-state index is 12.6. The van der Waals surface area contributed by atoms with Crippen molar-refractivity contribution in [2.75, 3.05) is 0 Å². The van der Waals surface area contributed by atoms with E-state index < -0.39 is 30.2 Å². The molecule has 5 heterocycles. The number of carboxylic acid groups (broad SMARTS) is 3. The second kappa shape index (κ2) is 17.2. The Morgan fingerprint density at radius 2 is 1.65 bits per heavy atom. The Hall–Kier alpha value is -2.19. The summed E-state index contributed by atoms with van der Waals surface area (Å²) in [7, 11) is 0. The zero-order chi connectivity index (χ0) is 32.7. The topological polar surface area (TPSA) is 197 Å². The molecule has 3 N–H and O–H groups in total. The van der Waals surface area contributed by atoms with Crippen LogP contribution < -0.4 is 115 Å². The number of aromatic carboxylic acids is 1. The number of carboxylic acids is 3. The van der Waals surface area contributed by atoms with Crippen molar-refractivity contribution in [2.24, 2.45) is 16.8 Å². The number of fused-ring (bicyclic) bond motifs is 7. The van der Waals surface area contributed by atoms with Gasteiger partial charge in [0.15, 0.2) is 6.29 Å². The Kier molecular flexibility index (Phi) is 15.0. The van der Waals surface area contributed by atoms with Crippen molar-refractivity contribution < 1.29 is 123 Å². The molecule has 2 aliphatic rings. The molecule has 0 unspecified atom stereocenters. The van der Waals surface area contributed by atoms with Crippen LogP contribution in [0.5, 0.6) is 0 Å². The summed E-state index contributed by atoms with van der Waals surface area (Å²) >= 11 is 0. The molecule has 0 saturated heterocycles. The Morgan fingerprint density at radius 3 is 2.21 bits per heavy atom. The third-order valence-electron chi connectivity index (χ3n) is 9.06. The smallest absolute Gasteiger partial charge is 0.550 e. The number of allylic oxidation sites excluding steroid dienone is 1. The van der Waals surface area contributed by atoms with E-state index in [9.17, 15) is 34.5 Å². The van der Waals surface area contributed by atoms with Crippen molar-refractivity contribution in [1.29, 1.82) is 0 Å². The molecule has 2 aliphatic heterocycles. The van der Waals surface area contributed by atoms with Crippen molar-refractivity contribution in [3.05, 3.63) is 79.1 Å². The normalized spacial score (nSPS) is 16.3. The van der Waals surface area contributed by atoms with Crippen LogP contribution in [0.3, 0.4) is 0 Å². The number of aromatic nitrogens is 3. The summed E-state index contributed by atoms with van der Waals surface area (Å²) in [4.78, 5) is 63.3. The molecule has 11 nitrogen and oxygen atoms in total. The summed E-state index contributed by atoms with van der Waals surface area (Å²) in [6.45, 7) is 11.3. The van der Waals surface area contributed by atoms with Gasteiger partial charge >= 0.3 is 88.7 Å². The summed E-state index contributed by atoms with van der Waals surface area (Å²) in [5.74, 6) is -5.17. The molecule has 2 atom stereocenters. The van der Waals surface area contributed by atoms with Crippen LogP contribution in [0.2, 0.25) is 0 Å². The Balaban J connectivity index is 0.00000267. The van der Waals surface area contributed by atoms with Crippen molar-refractivity contribution in [3.63, 3.8) is 0 Å². The first-order chi connectivity index (χ1) is 21.4. The number of hydrogen-bond acceptors (Lipinski definition) is 8. The molecule has 0 amide bonds. The second-order valence-corrected chi connectivity index (χ2v) is 11.6. The molecule has 5 rings (SSSR count). The Morgan fingerprint density at radius 1 is 0.958 bits per heavy atom. The van der Waals surface area contributed by atoms with Gasteiger partial charge in [0.05, 0.1) is 23.1 Å². The van der Waals surface area contributed by atoms with Gasteiger partial charge in [-0.25, -0.2) is 0 Å². The van der Waals surface area contributed by atoms with Gasteiger partial charge in [0.2, 0.25) is 0 Å². The summed E-state index contributed by atoms with van der Waals surface area (Å²) in [5.41, 5.74) is 5.66. The first-order valence-corrected chi connectivity index (χ1v) is 14.8. The quantitative estimate of drug-likeness (QED) is 0.148. The molecule has 3 aromatic rings. The maximum Gasteiger partial charge on any atom is 1.00 e. The summed E-state index contributed by atoms with van der Waals surface area (Å²) < 4.78 is 0. The van der Waals surface area contributed by atoms with Gasteiger partial charge in [-0.1, -0.05) is 26.5 Å². The molecule has 0 fully saturated rings. The number of aliphatic imine (C=N–C) groups is 1. The molecule has 0 saturated carbocycles. The van der Waals surface area contributed by atoms with Crippen LogP contribution in [0, 0.1) is 25.7 Å². The number of nitrogens with zero attached hydrogens (tertiary/aromatic N) is 1. The van der Waals surface area contributed by atoms with E-state index in [2.05, 4.69) is 21.5 Å². The van der Waals surface area contributed by atoms with E-state index in [1.54, 1.807) is 13.0 Å². The van der Waals surface area contributed by atoms with Gasteiger partial charge in [0.25, 0.3) is 0 Å². The van der Waals surface area contributed by atoms with Gasteiger partial charge in [-0.05, 0) is 62.0 Å². The first kappa shape index (κ1) is 42.0. The van der Waals surface area contributed by atoms with Gasteiger partial charge in [-0.2, -0.15) is 0 Å². The summed E-state index contributed by atoms with van der Waals surface area (Å²) in [6.07, 6.45) is 5.95. The average molecular weight is 679 g/mol. The van der Waals surface area contributed by atoms with Crippen molar-refractivity contribution in [2.45, 2.75) is 59.8 Å². The second-order valence-electron chi connectivity index (χ2n) is 11.6. The molecule has 48 heavy (non-hydrogen) atoms. The first-order valence-electron chi connectivity index (χ1n) is 14.8.